The van der Waals surface area contributed by atoms with Crippen LogP contribution >= 0.6 is 0 Å². The Balaban J connectivity index is 0.00000220. The van der Waals surface area contributed by atoms with Crippen LogP contribution in [0.15, 0.2) is 48.5 Å². The van der Waals surface area contributed by atoms with Crippen molar-refractivity contribution in [1.82, 2.24) is 5.32 Å². The first-order valence-electron chi connectivity index (χ1n) is 6.79. The molecule has 0 radical (unpaired) electrons. The SMILES string of the molecule is COc1cccc(CNCCc2ccccc2)c1OC.[Cl-]. The first-order valence-corrected chi connectivity index (χ1v) is 6.79. The van der Waals surface area contributed by atoms with E-state index in [-0.39, 0.29) is 12.4 Å². The third-order valence-electron chi connectivity index (χ3n) is 3.23. The fourth-order valence-electron chi connectivity index (χ4n) is 2.19. The highest BCUT2D eigenvalue weighted by Gasteiger charge is 2.08. The quantitative estimate of drug-likeness (QED) is 0.733. The van der Waals surface area contributed by atoms with Crippen molar-refractivity contribution in [3.63, 3.8) is 0 Å². The average molecular weight is 307 g/mol. The molecule has 0 fully saturated rings. The molecule has 0 saturated heterocycles. The van der Waals surface area contributed by atoms with Crippen LogP contribution in [0.3, 0.4) is 0 Å². The van der Waals surface area contributed by atoms with Crippen molar-refractivity contribution in [3.05, 3.63) is 59.7 Å². The largest absolute Gasteiger partial charge is 1.00 e. The van der Waals surface area contributed by atoms with Gasteiger partial charge >= 0.3 is 0 Å². The van der Waals surface area contributed by atoms with E-state index < -0.39 is 0 Å². The molecule has 0 aliphatic carbocycles. The summed E-state index contributed by atoms with van der Waals surface area (Å²) >= 11 is 0. The second kappa shape index (κ2) is 9.27. The number of hydrogen-bond acceptors (Lipinski definition) is 3. The van der Waals surface area contributed by atoms with Gasteiger partial charge in [0.15, 0.2) is 11.5 Å². The van der Waals surface area contributed by atoms with Gasteiger partial charge in [-0.05, 0) is 24.6 Å². The molecule has 0 bridgehead atoms. The summed E-state index contributed by atoms with van der Waals surface area (Å²) < 4.78 is 10.7. The molecule has 0 saturated carbocycles. The Morgan fingerprint density at radius 2 is 1.67 bits per heavy atom. The number of methoxy groups -OCH3 is 2. The molecule has 2 aromatic carbocycles. The molecule has 0 unspecified atom stereocenters. The maximum atomic E-state index is 5.42. The molecule has 114 valence electrons. The lowest BCUT2D eigenvalue weighted by Crippen LogP contribution is -3.00. The second-order valence-corrected chi connectivity index (χ2v) is 4.57. The normalized spacial score (nSPS) is 9.81. The lowest BCUT2D eigenvalue weighted by atomic mass is 10.1. The van der Waals surface area contributed by atoms with Crippen molar-refractivity contribution in [1.29, 1.82) is 0 Å². The zero-order valence-electron chi connectivity index (χ0n) is 12.4. The monoisotopic (exact) mass is 306 g/mol. The lowest BCUT2D eigenvalue weighted by molar-refractivity contribution is -0.00000463. The zero-order valence-corrected chi connectivity index (χ0v) is 13.2. The van der Waals surface area contributed by atoms with E-state index in [9.17, 15) is 0 Å². The zero-order chi connectivity index (χ0) is 14.2. The van der Waals surface area contributed by atoms with Crippen LogP contribution in [0.5, 0.6) is 11.5 Å². The molecule has 4 heteroatoms. The van der Waals surface area contributed by atoms with Crippen LogP contribution < -0.4 is 27.2 Å². The number of para-hydroxylation sites is 1. The van der Waals surface area contributed by atoms with E-state index in [1.165, 1.54) is 5.56 Å². The van der Waals surface area contributed by atoms with Crippen LogP contribution in [-0.2, 0) is 13.0 Å². The van der Waals surface area contributed by atoms with Crippen molar-refractivity contribution in [3.8, 4) is 11.5 Å². The molecular formula is C17H21ClNO2-. The van der Waals surface area contributed by atoms with Gasteiger partial charge in [0.25, 0.3) is 0 Å². The van der Waals surface area contributed by atoms with Gasteiger partial charge in [0.1, 0.15) is 0 Å². The minimum absolute atomic E-state index is 0. The molecule has 1 N–H and O–H groups in total. The van der Waals surface area contributed by atoms with Crippen LogP contribution in [0.2, 0.25) is 0 Å². The third-order valence-corrected chi connectivity index (χ3v) is 3.23. The van der Waals surface area contributed by atoms with Crippen molar-refractivity contribution in [2.75, 3.05) is 20.8 Å². The van der Waals surface area contributed by atoms with Gasteiger partial charge < -0.3 is 27.2 Å². The fraction of sp³-hybridized carbons (Fsp3) is 0.294. The predicted molar refractivity (Wildman–Crippen MR) is 81.4 cm³/mol. The number of benzene rings is 2. The predicted octanol–water partition coefficient (Wildman–Crippen LogP) is 0.0401. The number of halogens is 1. The van der Waals surface area contributed by atoms with Crippen LogP contribution in [0.1, 0.15) is 11.1 Å². The summed E-state index contributed by atoms with van der Waals surface area (Å²) in [5.41, 5.74) is 2.46. The Labute approximate surface area is 132 Å². The molecule has 21 heavy (non-hydrogen) atoms. The number of hydrogen-bond donors (Lipinski definition) is 1. The standard InChI is InChI=1S/C17H21NO2.ClH/c1-19-16-10-6-9-15(17(16)20-2)13-18-12-11-14-7-4-3-5-8-14;/h3-10,18H,11-13H2,1-2H3;1H/p-1. The Kier molecular flexibility index (Phi) is 7.65. The molecule has 0 spiro atoms. The van der Waals surface area contributed by atoms with E-state index in [2.05, 4.69) is 35.6 Å². The van der Waals surface area contributed by atoms with E-state index in [1.807, 2.05) is 18.2 Å². The molecule has 3 nitrogen and oxygen atoms in total. The fourth-order valence-corrected chi connectivity index (χ4v) is 2.19. The van der Waals surface area contributed by atoms with Gasteiger partial charge in [0, 0.05) is 12.1 Å². The maximum absolute atomic E-state index is 5.42. The van der Waals surface area contributed by atoms with Gasteiger partial charge in [-0.2, -0.15) is 0 Å². The van der Waals surface area contributed by atoms with Gasteiger partial charge in [-0.15, -0.1) is 0 Å². The maximum Gasteiger partial charge on any atom is 0.165 e. The first kappa shape index (κ1) is 17.3. The van der Waals surface area contributed by atoms with Crippen molar-refractivity contribution < 1.29 is 21.9 Å². The molecule has 0 heterocycles. The third kappa shape index (κ3) is 4.96. The van der Waals surface area contributed by atoms with E-state index in [0.29, 0.717) is 0 Å². The molecule has 2 rings (SSSR count). The molecule has 0 aliphatic rings. The summed E-state index contributed by atoms with van der Waals surface area (Å²) in [4.78, 5) is 0. The van der Waals surface area contributed by atoms with Crippen LogP contribution in [0, 0.1) is 0 Å². The second-order valence-electron chi connectivity index (χ2n) is 4.57. The molecule has 0 aliphatic heterocycles. The smallest absolute Gasteiger partial charge is 0.165 e. The van der Waals surface area contributed by atoms with Gasteiger partial charge in [-0.25, -0.2) is 0 Å². The summed E-state index contributed by atoms with van der Waals surface area (Å²) in [6.45, 7) is 1.71. The van der Waals surface area contributed by atoms with E-state index in [0.717, 1.165) is 36.6 Å². The number of ether oxygens (including phenoxy) is 2. The topological polar surface area (TPSA) is 30.5 Å². The van der Waals surface area contributed by atoms with Crippen molar-refractivity contribution >= 4 is 0 Å². The Morgan fingerprint density at radius 3 is 2.33 bits per heavy atom. The minimum Gasteiger partial charge on any atom is -1.00 e. The Morgan fingerprint density at radius 1 is 0.905 bits per heavy atom. The summed E-state index contributed by atoms with van der Waals surface area (Å²) in [7, 11) is 3.33. The summed E-state index contributed by atoms with van der Waals surface area (Å²) in [5.74, 6) is 1.58. The van der Waals surface area contributed by atoms with E-state index in [4.69, 9.17) is 9.47 Å². The van der Waals surface area contributed by atoms with E-state index in [1.54, 1.807) is 14.2 Å². The van der Waals surface area contributed by atoms with E-state index >= 15 is 0 Å². The van der Waals surface area contributed by atoms with Gasteiger partial charge in [0.05, 0.1) is 14.2 Å². The van der Waals surface area contributed by atoms with Gasteiger partial charge in [-0.3, -0.25) is 0 Å². The molecule has 2 aromatic rings. The van der Waals surface area contributed by atoms with Crippen LogP contribution in [0.25, 0.3) is 0 Å². The summed E-state index contributed by atoms with van der Waals surface area (Å²) in [6.07, 6.45) is 1.02. The van der Waals surface area contributed by atoms with Crippen LogP contribution in [-0.4, -0.2) is 20.8 Å². The summed E-state index contributed by atoms with van der Waals surface area (Å²) in [6, 6.07) is 16.4. The Bertz CT molecular complexity index is 532. The molecule has 0 amide bonds. The lowest BCUT2D eigenvalue weighted by Gasteiger charge is -2.13. The number of nitrogens with one attached hydrogen (secondary N) is 1. The summed E-state index contributed by atoms with van der Waals surface area (Å²) in [5, 5.41) is 3.44. The van der Waals surface area contributed by atoms with Crippen LogP contribution in [0.4, 0.5) is 0 Å². The highest BCUT2D eigenvalue weighted by Crippen LogP contribution is 2.30. The molecular weight excluding hydrogens is 286 g/mol. The van der Waals surface area contributed by atoms with Gasteiger partial charge in [-0.1, -0.05) is 42.5 Å². The van der Waals surface area contributed by atoms with Crippen molar-refractivity contribution in [2.24, 2.45) is 0 Å². The minimum atomic E-state index is 0. The number of rotatable bonds is 7. The highest BCUT2D eigenvalue weighted by atomic mass is 35.5. The molecule has 0 atom stereocenters. The average Bonchev–Trinajstić information content (AvgIpc) is 2.52. The molecule has 0 aromatic heterocycles. The van der Waals surface area contributed by atoms with Gasteiger partial charge in [0.2, 0.25) is 0 Å². The first-order chi connectivity index (χ1) is 9.85. The van der Waals surface area contributed by atoms with Crippen molar-refractivity contribution in [2.45, 2.75) is 13.0 Å². The highest BCUT2D eigenvalue weighted by molar-refractivity contribution is 5.46. The Hall–Kier alpha value is -1.71.